The van der Waals surface area contributed by atoms with Crippen molar-refractivity contribution in [2.45, 2.75) is 24.7 Å². The van der Waals surface area contributed by atoms with Crippen LogP contribution in [0.5, 0.6) is 0 Å². The molecule has 0 unspecified atom stereocenters. The molecule has 2 aromatic heterocycles. The third-order valence-electron chi connectivity index (χ3n) is 3.81. The van der Waals surface area contributed by atoms with Crippen molar-refractivity contribution in [1.29, 1.82) is 0 Å². The first-order valence-corrected chi connectivity index (χ1v) is 10.8. The largest absolute Gasteiger partial charge is 0.370 e. The summed E-state index contributed by atoms with van der Waals surface area (Å²) in [6.07, 6.45) is 2.84. The Hall–Kier alpha value is -2.59. The normalized spacial score (nSPS) is 11.4. The summed E-state index contributed by atoms with van der Waals surface area (Å²) in [5.41, 5.74) is 0.931. The van der Waals surface area contributed by atoms with Crippen LogP contribution in [-0.4, -0.2) is 24.9 Å². The Kier molecular flexibility index (Phi) is 6.20. The van der Waals surface area contributed by atoms with Crippen LogP contribution in [0.4, 0.5) is 20.3 Å². The van der Waals surface area contributed by atoms with Crippen molar-refractivity contribution in [2.75, 3.05) is 16.6 Å². The molecule has 0 amide bonds. The van der Waals surface area contributed by atoms with Gasteiger partial charge in [0.25, 0.3) is 10.0 Å². The molecule has 0 aliphatic heterocycles. The molecule has 3 rings (SSSR count). The van der Waals surface area contributed by atoms with Crippen molar-refractivity contribution in [2.24, 2.45) is 0 Å². The molecular weight excluding hydrogens is 406 g/mol. The van der Waals surface area contributed by atoms with Crippen LogP contribution in [-0.2, 0) is 22.9 Å². The molecule has 0 saturated carbocycles. The van der Waals surface area contributed by atoms with Gasteiger partial charge in [0, 0.05) is 30.6 Å². The number of sulfonamides is 1. The topological polar surface area (TPSA) is 84.0 Å². The summed E-state index contributed by atoms with van der Waals surface area (Å²) in [5.74, 6) is -1.66. The van der Waals surface area contributed by atoms with Gasteiger partial charge in [-0.1, -0.05) is 6.92 Å². The molecule has 0 radical (unpaired) electrons. The first kappa shape index (κ1) is 20.2. The first-order chi connectivity index (χ1) is 13.4. The summed E-state index contributed by atoms with van der Waals surface area (Å²) in [6, 6.07) is 5.69. The molecule has 0 aliphatic carbocycles. The summed E-state index contributed by atoms with van der Waals surface area (Å²) in [5, 5.41) is 6.22. The van der Waals surface area contributed by atoms with E-state index in [1.165, 1.54) is 12.3 Å². The van der Waals surface area contributed by atoms with Gasteiger partial charge in [0.05, 0.1) is 16.4 Å². The van der Waals surface area contributed by atoms with Crippen molar-refractivity contribution in [3.8, 4) is 0 Å². The van der Waals surface area contributed by atoms with Crippen LogP contribution in [0.3, 0.4) is 0 Å². The van der Waals surface area contributed by atoms with Gasteiger partial charge in [-0.2, -0.15) is 0 Å². The smallest absolute Gasteiger partial charge is 0.263 e. The molecule has 1 aromatic carbocycles. The molecular formula is C18H18F2N4O2S2. The van der Waals surface area contributed by atoms with E-state index in [9.17, 15) is 17.2 Å². The lowest BCUT2D eigenvalue weighted by Gasteiger charge is -2.09. The average molecular weight is 424 g/mol. The standard InChI is InChI=1S/C18H18F2N4O2S2/c1-2-18-23-13(11-27-18)7-8-21-17-6-4-14(10-22-17)28(25,26)24-12-3-5-15(19)16(20)9-12/h3-6,9-11,24H,2,7-8H2,1H3,(H,21,22). The minimum Gasteiger partial charge on any atom is -0.370 e. The predicted octanol–water partition coefficient (Wildman–Crippen LogP) is 3.83. The van der Waals surface area contributed by atoms with Crippen LogP contribution in [0, 0.1) is 11.6 Å². The number of thiazole rings is 1. The highest BCUT2D eigenvalue weighted by Crippen LogP contribution is 2.19. The van der Waals surface area contributed by atoms with Gasteiger partial charge in [-0.15, -0.1) is 11.3 Å². The van der Waals surface area contributed by atoms with Gasteiger partial charge in [0.15, 0.2) is 11.6 Å². The molecule has 0 fully saturated rings. The van der Waals surface area contributed by atoms with Gasteiger partial charge in [-0.05, 0) is 30.7 Å². The number of nitrogens with zero attached hydrogens (tertiary/aromatic N) is 2. The Morgan fingerprint density at radius 1 is 1.14 bits per heavy atom. The lowest BCUT2D eigenvalue weighted by atomic mass is 10.3. The number of aromatic nitrogens is 2. The summed E-state index contributed by atoms with van der Waals surface area (Å²) in [7, 11) is -3.96. The quantitative estimate of drug-likeness (QED) is 0.574. The number of aryl methyl sites for hydroxylation is 1. The molecule has 0 aliphatic rings. The van der Waals surface area contributed by atoms with Crippen molar-refractivity contribution >= 4 is 32.9 Å². The van der Waals surface area contributed by atoms with Crippen LogP contribution >= 0.6 is 11.3 Å². The second-order valence-electron chi connectivity index (χ2n) is 5.88. The van der Waals surface area contributed by atoms with Crippen LogP contribution in [0.15, 0.2) is 46.8 Å². The Morgan fingerprint density at radius 2 is 1.96 bits per heavy atom. The molecule has 28 heavy (non-hydrogen) atoms. The van der Waals surface area contributed by atoms with Crippen LogP contribution < -0.4 is 10.0 Å². The highest BCUT2D eigenvalue weighted by Gasteiger charge is 2.16. The fourth-order valence-corrected chi connectivity index (χ4v) is 4.14. The molecule has 0 saturated heterocycles. The highest BCUT2D eigenvalue weighted by atomic mass is 32.2. The fourth-order valence-electron chi connectivity index (χ4n) is 2.36. The van der Waals surface area contributed by atoms with Gasteiger partial charge >= 0.3 is 0 Å². The molecule has 0 bridgehead atoms. The maximum Gasteiger partial charge on any atom is 0.263 e. The van der Waals surface area contributed by atoms with E-state index in [0.717, 1.165) is 41.7 Å². The summed E-state index contributed by atoms with van der Waals surface area (Å²) < 4.78 is 53.1. The van der Waals surface area contributed by atoms with Gasteiger partial charge in [0.2, 0.25) is 0 Å². The van der Waals surface area contributed by atoms with Crippen molar-refractivity contribution in [1.82, 2.24) is 9.97 Å². The Labute approximate surface area is 165 Å². The lowest BCUT2D eigenvalue weighted by Crippen LogP contribution is -2.14. The zero-order chi connectivity index (χ0) is 20.1. The summed E-state index contributed by atoms with van der Waals surface area (Å²) in [4.78, 5) is 8.48. The number of anilines is 2. The van der Waals surface area contributed by atoms with E-state index in [1.807, 2.05) is 5.38 Å². The zero-order valence-electron chi connectivity index (χ0n) is 14.9. The molecule has 2 heterocycles. The Bertz CT molecular complexity index is 1050. The van der Waals surface area contributed by atoms with Crippen LogP contribution in [0.1, 0.15) is 17.6 Å². The number of halogens is 2. The van der Waals surface area contributed by atoms with E-state index >= 15 is 0 Å². The van der Waals surface area contributed by atoms with E-state index in [-0.39, 0.29) is 10.6 Å². The monoisotopic (exact) mass is 424 g/mol. The minimum atomic E-state index is -3.96. The molecule has 10 heteroatoms. The number of nitrogens with one attached hydrogen (secondary N) is 2. The Morgan fingerprint density at radius 3 is 2.61 bits per heavy atom. The fraction of sp³-hybridized carbons (Fsp3) is 0.222. The van der Waals surface area contributed by atoms with Crippen LogP contribution in [0.2, 0.25) is 0 Å². The number of benzene rings is 1. The van der Waals surface area contributed by atoms with Gasteiger partial charge in [-0.25, -0.2) is 27.2 Å². The molecule has 0 spiro atoms. The van der Waals surface area contributed by atoms with Crippen molar-refractivity contribution in [3.63, 3.8) is 0 Å². The Balaban J connectivity index is 1.59. The maximum absolute atomic E-state index is 13.2. The van der Waals surface area contributed by atoms with E-state index in [2.05, 4.69) is 26.9 Å². The number of pyridine rings is 1. The molecule has 0 atom stereocenters. The predicted molar refractivity (Wildman–Crippen MR) is 105 cm³/mol. The van der Waals surface area contributed by atoms with E-state index in [0.29, 0.717) is 12.4 Å². The van der Waals surface area contributed by atoms with Crippen molar-refractivity contribution in [3.05, 3.63) is 64.2 Å². The second-order valence-corrected chi connectivity index (χ2v) is 8.50. The third kappa shape index (κ3) is 5.02. The third-order valence-corrected chi connectivity index (χ3v) is 6.22. The molecule has 3 aromatic rings. The minimum absolute atomic E-state index is 0.0733. The number of hydrogen-bond donors (Lipinski definition) is 2. The lowest BCUT2D eigenvalue weighted by molar-refractivity contribution is 0.509. The highest BCUT2D eigenvalue weighted by molar-refractivity contribution is 7.92. The van der Waals surface area contributed by atoms with E-state index < -0.39 is 21.7 Å². The maximum atomic E-state index is 13.2. The average Bonchev–Trinajstić information content (AvgIpc) is 3.13. The van der Waals surface area contributed by atoms with Gasteiger partial charge in [0.1, 0.15) is 10.7 Å². The van der Waals surface area contributed by atoms with E-state index in [4.69, 9.17) is 0 Å². The van der Waals surface area contributed by atoms with Crippen molar-refractivity contribution < 1.29 is 17.2 Å². The zero-order valence-corrected chi connectivity index (χ0v) is 16.6. The van der Waals surface area contributed by atoms with Gasteiger partial charge in [-0.3, -0.25) is 4.72 Å². The number of rotatable bonds is 8. The number of hydrogen-bond acceptors (Lipinski definition) is 6. The summed E-state index contributed by atoms with van der Waals surface area (Å²) >= 11 is 1.63. The first-order valence-electron chi connectivity index (χ1n) is 8.48. The molecule has 6 nitrogen and oxygen atoms in total. The van der Waals surface area contributed by atoms with Crippen LogP contribution in [0.25, 0.3) is 0 Å². The van der Waals surface area contributed by atoms with Gasteiger partial charge < -0.3 is 5.32 Å². The second kappa shape index (κ2) is 8.61. The summed E-state index contributed by atoms with van der Waals surface area (Å²) in [6.45, 7) is 2.67. The van der Waals surface area contributed by atoms with E-state index in [1.54, 1.807) is 17.4 Å². The molecule has 2 N–H and O–H groups in total. The SMILES string of the molecule is CCc1nc(CCNc2ccc(S(=O)(=O)Nc3ccc(F)c(F)c3)cn2)cs1. The molecule has 148 valence electrons.